The Hall–Kier alpha value is -1.27. The van der Waals surface area contributed by atoms with E-state index < -0.39 is 10.0 Å². The molecule has 0 fully saturated rings. The molecule has 2 aromatic rings. The Kier molecular flexibility index (Phi) is 7.20. The highest BCUT2D eigenvalue weighted by molar-refractivity contribution is 7.88. The second-order valence-electron chi connectivity index (χ2n) is 6.95. The zero-order valence-corrected chi connectivity index (χ0v) is 18.5. The first kappa shape index (κ1) is 22.0. The molecule has 0 saturated heterocycles. The first-order valence-corrected chi connectivity index (χ1v) is 11.1. The molecule has 0 radical (unpaired) electrons. The van der Waals surface area contributed by atoms with Crippen molar-refractivity contribution in [1.29, 1.82) is 0 Å². The van der Waals surface area contributed by atoms with Crippen LogP contribution in [0.3, 0.4) is 0 Å². The normalized spacial score (nSPS) is 13.0. The van der Waals surface area contributed by atoms with Crippen LogP contribution in [0.2, 0.25) is 10.0 Å². The quantitative estimate of drug-likeness (QED) is 0.621. The molecule has 0 aliphatic heterocycles. The van der Waals surface area contributed by atoms with Gasteiger partial charge in [-0.15, -0.1) is 0 Å². The summed E-state index contributed by atoms with van der Waals surface area (Å²) in [7, 11) is -1.92. The second kappa shape index (κ2) is 8.82. The number of hydrogen-bond donors (Lipinski definition) is 1. The first-order chi connectivity index (χ1) is 12.5. The predicted octanol–water partition coefficient (Wildman–Crippen LogP) is 5.61. The van der Waals surface area contributed by atoms with Crippen LogP contribution in [0.4, 0.5) is 0 Å². The van der Waals surface area contributed by atoms with Crippen molar-refractivity contribution in [3.8, 4) is 5.75 Å². The minimum Gasteiger partial charge on any atom is -0.496 e. The molecule has 0 bridgehead atoms. The maximum absolute atomic E-state index is 12.6. The topological polar surface area (TPSA) is 55.4 Å². The lowest BCUT2D eigenvalue weighted by molar-refractivity contribution is 0.406. The van der Waals surface area contributed by atoms with Gasteiger partial charge in [-0.05, 0) is 66.3 Å². The van der Waals surface area contributed by atoms with Gasteiger partial charge < -0.3 is 4.74 Å². The number of hydrogen-bond acceptors (Lipinski definition) is 3. The van der Waals surface area contributed by atoms with Gasteiger partial charge in [-0.3, -0.25) is 0 Å². The molecule has 4 nitrogen and oxygen atoms in total. The van der Waals surface area contributed by atoms with Crippen molar-refractivity contribution in [3.05, 3.63) is 62.6 Å². The van der Waals surface area contributed by atoms with Gasteiger partial charge in [-0.2, -0.15) is 0 Å². The van der Waals surface area contributed by atoms with Crippen molar-refractivity contribution >= 4 is 33.2 Å². The van der Waals surface area contributed by atoms with E-state index in [-0.39, 0.29) is 17.7 Å². The number of rotatable bonds is 7. The standard InChI is InChI=1S/C20H25Cl2NO3S/c1-12(2)16-10-17(13(3)8-20(16)26-5)14(4)23-27(24,25)11-15-6-7-18(21)19(22)9-15/h6-10,12,14,23H,11H2,1-5H3/t14-/m0/s1. The molecule has 0 amide bonds. The highest BCUT2D eigenvalue weighted by Gasteiger charge is 2.20. The molecule has 0 spiro atoms. The lowest BCUT2D eigenvalue weighted by Crippen LogP contribution is -2.28. The molecule has 0 heterocycles. The number of benzene rings is 2. The molecule has 7 heteroatoms. The third kappa shape index (κ3) is 5.61. The summed E-state index contributed by atoms with van der Waals surface area (Å²) in [5, 5.41) is 0.735. The van der Waals surface area contributed by atoms with E-state index in [2.05, 4.69) is 18.6 Å². The molecule has 1 atom stereocenters. The van der Waals surface area contributed by atoms with Crippen molar-refractivity contribution in [2.75, 3.05) is 7.11 Å². The Morgan fingerprint density at radius 1 is 1.04 bits per heavy atom. The average Bonchev–Trinajstić information content (AvgIpc) is 2.56. The van der Waals surface area contributed by atoms with E-state index in [0.717, 1.165) is 22.4 Å². The molecule has 0 unspecified atom stereocenters. The van der Waals surface area contributed by atoms with E-state index in [4.69, 9.17) is 27.9 Å². The number of halogens is 2. The molecule has 0 saturated carbocycles. The maximum atomic E-state index is 12.6. The monoisotopic (exact) mass is 429 g/mol. The summed E-state index contributed by atoms with van der Waals surface area (Å²) in [5.41, 5.74) is 3.53. The predicted molar refractivity (Wildman–Crippen MR) is 112 cm³/mol. The van der Waals surface area contributed by atoms with E-state index in [0.29, 0.717) is 15.6 Å². The van der Waals surface area contributed by atoms with Gasteiger partial charge in [0.1, 0.15) is 5.75 Å². The minimum atomic E-state index is -3.56. The van der Waals surface area contributed by atoms with Gasteiger partial charge in [-0.25, -0.2) is 13.1 Å². The summed E-state index contributed by atoms with van der Waals surface area (Å²) >= 11 is 11.9. The Balaban J connectivity index is 2.25. The maximum Gasteiger partial charge on any atom is 0.216 e. The van der Waals surface area contributed by atoms with E-state index in [9.17, 15) is 8.42 Å². The lowest BCUT2D eigenvalue weighted by atomic mass is 9.94. The summed E-state index contributed by atoms with van der Waals surface area (Å²) in [6.45, 7) is 7.95. The zero-order chi connectivity index (χ0) is 20.4. The smallest absolute Gasteiger partial charge is 0.216 e. The zero-order valence-electron chi connectivity index (χ0n) is 16.1. The fourth-order valence-corrected chi connectivity index (χ4v) is 4.72. The number of ether oxygens (including phenoxy) is 1. The van der Waals surface area contributed by atoms with Gasteiger partial charge >= 0.3 is 0 Å². The third-order valence-corrected chi connectivity index (χ3v) is 6.57. The summed E-state index contributed by atoms with van der Waals surface area (Å²) < 4.78 is 33.5. The van der Waals surface area contributed by atoms with E-state index >= 15 is 0 Å². The molecule has 0 aliphatic carbocycles. The fraction of sp³-hybridized carbons (Fsp3) is 0.400. The van der Waals surface area contributed by atoms with Crippen LogP contribution in [0, 0.1) is 6.92 Å². The second-order valence-corrected chi connectivity index (χ2v) is 9.52. The lowest BCUT2D eigenvalue weighted by Gasteiger charge is -2.21. The third-order valence-electron chi connectivity index (χ3n) is 4.40. The fourth-order valence-electron chi connectivity index (χ4n) is 3.03. The van der Waals surface area contributed by atoms with Gasteiger partial charge in [0.05, 0.1) is 22.9 Å². The van der Waals surface area contributed by atoms with Gasteiger partial charge in [0.15, 0.2) is 0 Å². The molecular formula is C20H25Cl2NO3S. The Morgan fingerprint density at radius 2 is 1.70 bits per heavy atom. The molecule has 148 valence electrons. The number of methoxy groups -OCH3 is 1. The van der Waals surface area contributed by atoms with Gasteiger partial charge in [0, 0.05) is 6.04 Å². The van der Waals surface area contributed by atoms with E-state index in [1.165, 1.54) is 0 Å². The van der Waals surface area contributed by atoms with Crippen LogP contribution < -0.4 is 9.46 Å². The first-order valence-electron chi connectivity index (χ1n) is 8.66. The van der Waals surface area contributed by atoms with Crippen LogP contribution in [0.15, 0.2) is 30.3 Å². The number of nitrogens with one attached hydrogen (secondary N) is 1. The Bertz CT molecular complexity index is 927. The van der Waals surface area contributed by atoms with Crippen LogP contribution in [0.5, 0.6) is 5.75 Å². The minimum absolute atomic E-state index is 0.166. The molecule has 27 heavy (non-hydrogen) atoms. The highest BCUT2D eigenvalue weighted by atomic mass is 35.5. The highest BCUT2D eigenvalue weighted by Crippen LogP contribution is 2.32. The van der Waals surface area contributed by atoms with Crippen molar-refractivity contribution in [3.63, 3.8) is 0 Å². The molecule has 2 aromatic carbocycles. The largest absolute Gasteiger partial charge is 0.496 e. The van der Waals surface area contributed by atoms with Gasteiger partial charge in [-0.1, -0.05) is 43.1 Å². The van der Waals surface area contributed by atoms with E-state index in [1.54, 1.807) is 25.3 Å². The summed E-state index contributed by atoms with van der Waals surface area (Å²) in [6.07, 6.45) is 0. The average molecular weight is 430 g/mol. The number of sulfonamides is 1. The molecule has 2 rings (SSSR count). The van der Waals surface area contributed by atoms with Gasteiger partial charge in [0.25, 0.3) is 0 Å². The number of aryl methyl sites for hydroxylation is 1. The van der Waals surface area contributed by atoms with Crippen LogP contribution >= 0.6 is 23.2 Å². The molecule has 0 aromatic heterocycles. The van der Waals surface area contributed by atoms with Crippen LogP contribution in [-0.4, -0.2) is 15.5 Å². The van der Waals surface area contributed by atoms with Crippen molar-refractivity contribution in [2.45, 2.75) is 45.4 Å². The molecule has 0 aliphatic rings. The summed E-state index contributed by atoms with van der Waals surface area (Å²) in [4.78, 5) is 0. The molecular weight excluding hydrogens is 405 g/mol. The van der Waals surface area contributed by atoms with E-state index in [1.807, 2.05) is 26.0 Å². The van der Waals surface area contributed by atoms with Crippen molar-refractivity contribution in [1.82, 2.24) is 4.72 Å². The summed E-state index contributed by atoms with van der Waals surface area (Å²) in [5.74, 6) is 0.914. The summed E-state index contributed by atoms with van der Waals surface area (Å²) in [6, 6.07) is 8.43. The van der Waals surface area contributed by atoms with Gasteiger partial charge in [0.2, 0.25) is 10.0 Å². The van der Waals surface area contributed by atoms with Crippen LogP contribution in [0.25, 0.3) is 0 Å². The Labute approximate surface area is 171 Å². The Morgan fingerprint density at radius 3 is 2.26 bits per heavy atom. The van der Waals surface area contributed by atoms with Crippen molar-refractivity contribution in [2.24, 2.45) is 0 Å². The van der Waals surface area contributed by atoms with Crippen LogP contribution in [-0.2, 0) is 15.8 Å². The van der Waals surface area contributed by atoms with Crippen molar-refractivity contribution < 1.29 is 13.2 Å². The SMILES string of the molecule is COc1cc(C)c([C@H](C)NS(=O)(=O)Cc2ccc(Cl)c(Cl)c2)cc1C(C)C. The van der Waals surface area contributed by atoms with Crippen LogP contribution in [0.1, 0.15) is 55.0 Å². The molecule has 1 N–H and O–H groups in total.